The molecule has 1 aromatic heterocycles. The van der Waals surface area contributed by atoms with E-state index in [9.17, 15) is 0 Å². The number of thiocarbonyl (C=S) groups is 1. The number of hydrazine groups is 1. The van der Waals surface area contributed by atoms with Crippen molar-refractivity contribution in [2.45, 2.75) is 6.54 Å². The minimum Gasteiger partial charge on any atom is -0.375 e. The van der Waals surface area contributed by atoms with Gasteiger partial charge in [-0.25, -0.2) is 9.67 Å². The van der Waals surface area contributed by atoms with Gasteiger partial charge in [0.25, 0.3) is 0 Å². The first-order chi connectivity index (χ1) is 8.24. The fourth-order valence-electron chi connectivity index (χ4n) is 1.38. The minimum absolute atomic E-state index is 0.201. The molecule has 1 aromatic carbocycles. The molecule has 0 aliphatic rings. The maximum Gasteiger partial charge on any atom is 0.182 e. The van der Waals surface area contributed by atoms with Gasteiger partial charge in [0.15, 0.2) is 5.11 Å². The van der Waals surface area contributed by atoms with Crippen LogP contribution in [0.5, 0.6) is 0 Å². The van der Waals surface area contributed by atoms with Crippen LogP contribution in [0.15, 0.2) is 36.9 Å². The number of hydrogen-bond acceptors (Lipinski definition) is 4. The molecule has 0 atom stereocenters. The van der Waals surface area contributed by atoms with Gasteiger partial charge in [-0.1, -0.05) is 12.1 Å². The summed E-state index contributed by atoms with van der Waals surface area (Å²) in [7, 11) is 0. The molecule has 0 aliphatic heterocycles. The number of aromatic nitrogens is 3. The van der Waals surface area contributed by atoms with Gasteiger partial charge in [0.2, 0.25) is 0 Å². The molecule has 7 heteroatoms. The second-order valence-corrected chi connectivity index (χ2v) is 3.85. The summed E-state index contributed by atoms with van der Waals surface area (Å²) >= 11 is 4.70. The van der Waals surface area contributed by atoms with Crippen molar-refractivity contribution in [3.05, 3.63) is 42.5 Å². The number of nitrogens with two attached hydrogens (primary N) is 1. The fourth-order valence-corrected chi connectivity index (χ4v) is 1.43. The lowest BCUT2D eigenvalue weighted by atomic mass is 10.2. The molecule has 88 valence electrons. The maximum atomic E-state index is 5.32. The zero-order valence-corrected chi connectivity index (χ0v) is 9.81. The molecule has 2 aromatic rings. The van der Waals surface area contributed by atoms with E-state index in [2.05, 4.69) is 20.9 Å². The molecule has 0 bridgehead atoms. The average molecular weight is 248 g/mol. The minimum atomic E-state index is 0.201. The highest BCUT2D eigenvalue weighted by molar-refractivity contribution is 7.80. The van der Waals surface area contributed by atoms with Gasteiger partial charge in [-0.05, 0) is 29.9 Å². The Bertz CT molecular complexity index is 495. The summed E-state index contributed by atoms with van der Waals surface area (Å²) in [6.07, 6.45) is 3.18. The Morgan fingerprint density at radius 2 is 2.35 bits per heavy atom. The van der Waals surface area contributed by atoms with Crippen LogP contribution in [0, 0.1) is 0 Å². The highest BCUT2D eigenvalue weighted by Gasteiger charge is 1.97. The van der Waals surface area contributed by atoms with Gasteiger partial charge in [0, 0.05) is 0 Å². The third-order valence-corrected chi connectivity index (χ3v) is 2.17. The molecular weight excluding hydrogens is 236 g/mol. The Hall–Kier alpha value is -2.15. The highest BCUT2D eigenvalue weighted by Crippen LogP contribution is 2.10. The van der Waals surface area contributed by atoms with Crippen molar-refractivity contribution >= 4 is 23.0 Å². The average Bonchev–Trinajstić information content (AvgIpc) is 2.80. The molecular formula is C10H12N6S. The Morgan fingerprint density at radius 1 is 1.47 bits per heavy atom. The van der Waals surface area contributed by atoms with Crippen LogP contribution in [-0.4, -0.2) is 19.9 Å². The first kappa shape index (κ1) is 11.3. The van der Waals surface area contributed by atoms with Crippen molar-refractivity contribution in [1.82, 2.24) is 20.2 Å². The molecule has 6 nitrogen and oxygen atoms in total. The fraction of sp³-hybridized carbons (Fsp3) is 0.100. The van der Waals surface area contributed by atoms with Crippen LogP contribution in [0.25, 0.3) is 0 Å². The normalized spacial score (nSPS) is 9.88. The highest BCUT2D eigenvalue weighted by atomic mass is 32.1. The Labute approximate surface area is 104 Å². The van der Waals surface area contributed by atoms with E-state index >= 15 is 0 Å². The summed E-state index contributed by atoms with van der Waals surface area (Å²) in [6.45, 7) is 0.669. The molecule has 4 N–H and O–H groups in total. The van der Waals surface area contributed by atoms with Gasteiger partial charge < -0.3 is 5.73 Å². The summed E-state index contributed by atoms with van der Waals surface area (Å²) in [5, 5.41) is 4.24. The van der Waals surface area contributed by atoms with Crippen LogP contribution < -0.4 is 16.6 Å². The van der Waals surface area contributed by atoms with Gasteiger partial charge in [0.05, 0.1) is 12.2 Å². The first-order valence-corrected chi connectivity index (χ1v) is 5.37. The summed E-state index contributed by atoms with van der Waals surface area (Å²) in [4.78, 5) is 3.89. The molecule has 0 unspecified atom stereocenters. The summed E-state index contributed by atoms with van der Waals surface area (Å²) in [6, 6.07) is 7.84. The molecule has 0 aliphatic carbocycles. The van der Waals surface area contributed by atoms with Gasteiger partial charge >= 0.3 is 0 Å². The zero-order valence-electron chi connectivity index (χ0n) is 9.00. The lowest BCUT2D eigenvalue weighted by molar-refractivity contribution is 0.685. The van der Waals surface area contributed by atoms with Crippen LogP contribution >= 0.6 is 12.2 Å². The van der Waals surface area contributed by atoms with Crippen molar-refractivity contribution in [3.63, 3.8) is 0 Å². The third kappa shape index (κ3) is 3.42. The number of nitrogens with one attached hydrogen (secondary N) is 2. The van der Waals surface area contributed by atoms with Crippen molar-refractivity contribution in [2.75, 3.05) is 5.43 Å². The lowest BCUT2D eigenvalue weighted by Crippen LogP contribution is -2.33. The van der Waals surface area contributed by atoms with Crippen LogP contribution in [0.3, 0.4) is 0 Å². The largest absolute Gasteiger partial charge is 0.375 e. The smallest absolute Gasteiger partial charge is 0.182 e. The van der Waals surface area contributed by atoms with Crippen LogP contribution in [0.4, 0.5) is 5.69 Å². The number of benzene rings is 1. The van der Waals surface area contributed by atoms with Crippen molar-refractivity contribution in [2.24, 2.45) is 5.73 Å². The Morgan fingerprint density at radius 3 is 3.06 bits per heavy atom. The lowest BCUT2D eigenvalue weighted by Gasteiger charge is -2.09. The van der Waals surface area contributed by atoms with Crippen molar-refractivity contribution < 1.29 is 0 Å². The third-order valence-electron chi connectivity index (χ3n) is 2.07. The number of rotatable bonds is 4. The number of anilines is 1. The second kappa shape index (κ2) is 5.26. The topological polar surface area (TPSA) is 80.8 Å². The Kier molecular flexibility index (Phi) is 3.51. The molecule has 0 saturated carbocycles. The van der Waals surface area contributed by atoms with E-state index < -0.39 is 0 Å². The standard InChI is InChI=1S/C10H12N6S/c11-10(17)15-14-9-3-1-2-8(4-9)5-16-7-12-6-13-16/h1-4,6-7,14H,5H2,(H3,11,15,17). The van der Waals surface area contributed by atoms with Gasteiger partial charge in [-0.15, -0.1) is 0 Å². The SMILES string of the molecule is NC(=S)NNc1cccc(Cn2cncn2)c1. The van der Waals surface area contributed by atoms with Crippen molar-refractivity contribution in [1.29, 1.82) is 0 Å². The molecule has 17 heavy (non-hydrogen) atoms. The van der Waals surface area contributed by atoms with Crippen LogP contribution in [-0.2, 0) is 6.54 Å². The molecule has 0 fully saturated rings. The molecule has 1 heterocycles. The quantitative estimate of drug-likeness (QED) is 0.539. The predicted molar refractivity (Wildman–Crippen MR) is 69.1 cm³/mol. The van der Waals surface area contributed by atoms with Crippen LogP contribution in [0.2, 0.25) is 0 Å². The number of nitrogens with zero attached hydrogens (tertiary/aromatic N) is 3. The molecule has 0 spiro atoms. The maximum absolute atomic E-state index is 5.32. The van der Waals surface area contributed by atoms with Gasteiger partial charge in [0.1, 0.15) is 12.7 Å². The van der Waals surface area contributed by atoms with Crippen molar-refractivity contribution in [3.8, 4) is 0 Å². The van der Waals surface area contributed by atoms with Gasteiger partial charge in [-0.2, -0.15) is 5.10 Å². The van der Waals surface area contributed by atoms with E-state index in [-0.39, 0.29) is 5.11 Å². The van der Waals surface area contributed by atoms with E-state index in [0.29, 0.717) is 6.54 Å². The number of hydrogen-bond donors (Lipinski definition) is 3. The van der Waals surface area contributed by atoms with Gasteiger partial charge in [-0.3, -0.25) is 10.9 Å². The first-order valence-electron chi connectivity index (χ1n) is 4.97. The summed E-state index contributed by atoms with van der Waals surface area (Å²) in [5.41, 5.74) is 12.9. The molecule has 0 amide bonds. The van der Waals surface area contributed by atoms with E-state index in [1.807, 2.05) is 24.3 Å². The van der Waals surface area contributed by atoms with E-state index in [4.69, 9.17) is 18.0 Å². The second-order valence-electron chi connectivity index (χ2n) is 3.41. The molecule has 0 radical (unpaired) electrons. The van der Waals surface area contributed by atoms with E-state index in [0.717, 1.165) is 11.3 Å². The van der Waals surface area contributed by atoms with E-state index in [1.54, 1.807) is 11.0 Å². The Balaban J connectivity index is 2.03. The molecule has 2 rings (SSSR count). The van der Waals surface area contributed by atoms with E-state index in [1.165, 1.54) is 6.33 Å². The summed E-state index contributed by atoms with van der Waals surface area (Å²) in [5.74, 6) is 0. The zero-order chi connectivity index (χ0) is 12.1. The monoisotopic (exact) mass is 248 g/mol. The molecule has 0 saturated heterocycles. The van der Waals surface area contributed by atoms with Crippen LogP contribution in [0.1, 0.15) is 5.56 Å². The predicted octanol–water partition coefficient (Wildman–Crippen LogP) is 0.486. The summed E-state index contributed by atoms with van der Waals surface area (Å²) < 4.78 is 1.75.